The Hall–Kier alpha value is -1.19. The highest BCUT2D eigenvalue weighted by Gasteiger charge is 2.04. The highest BCUT2D eigenvalue weighted by molar-refractivity contribution is 9.10. The van der Waals surface area contributed by atoms with Crippen LogP contribution in [0.25, 0.3) is 0 Å². The second-order valence-electron chi connectivity index (χ2n) is 4.27. The van der Waals surface area contributed by atoms with Crippen LogP contribution >= 0.6 is 15.9 Å². The molecule has 0 saturated heterocycles. The molecule has 0 aliphatic rings. The Kier molecular flexibility index (Phi) is 4.50. The Morgan fingerprint density at radius 3 is 2.33 bits per heavy atom. The Balaban J connectivity index is 2.15. The average Bonchev–Trinajstić information content (AvgIpc) is 2.37. The third kappa shape index (κ3) is 3.40. The minimum absolute atomic E-state index is 0.163. The van der Waals surface area contributed by atoms with E-state index in [1.54, 1.807) is 6.07 Å². The van der Waals surface area contributed by atoms with Crippen LogP contribution < -0.4 is 5.73 Å². The van der Waals surface area contributed by atoms with E-state index in [0.717, 1.165) is 16.5 Å². The van der Waals surface area contributed by atoms with E-state index in [-0.39, 0.29) is 5.82 Å². The highest BCUT2D eigenvalue weighted by Crippen LogP contribution is 2.19. The molecular weight excluding hydrogens is 293 g/mol. The van der Waals surface area contributed by atoms with Gasteiger partial charge in [0.25, 0.3) is 0 Å². The van der Waals surface area contributed by atoms with Crippen LogP contribution in [0, 0.1) is 5.82 Å². The van der Waals surface area contributed by atoms with Gasteiger partial charge >= 0.3 is 0 Å². The zero-order valence-corrected chi connectivity index (χ0v) is 11.6. The molecule has 0 spiro atoms. The molecule has 0 aliphatic heterocycles. The molecule has 2 aromatic rings. The maximum Gasteiger partial charge on any atom is 0.126 e. The van der Waals surface area contributed by atoms with Crippen LogP contribution in [0.5, 0.6) is 0 Å². The summed E-state index contributed by atoms with van der Waals surface area (Å²) in [6.07, 6.45) is 1.49. The number of rotatable bonds is 4. The summed E-state index contributed by atoms with van der Waals surface area (Å²) < 4.78 is 14.5. The topological polar surface area (TPSA) is 26.0 Å². The first-order chi connectivity index (χ1) is 8.69. The lowest BCUT2D eigenvalue weighted by atomic mass is 10.0. The van der Waals surface area contributed by atoms with Crippen LogP contribution in [0.3, 0.4) is 0 Å². The monoisotopic (exact) mass is 307 g/mol. The van der Waals surface area contributed by atoms with Crippen molar-refractivity contribution in [3.63, 3.8) is 0 Å². The second-order valence-corrected chi connectivity index (χ2v) is 5.18. The van der Waals surface area contributed by atoms with Gasteiger partial charge in [-0.15, -0.1) is 0 Å². The molecule has 0 unspecified atom stereocenters. The van der Waals surface area contributed by atoms with Gasteiger partial charge in [-0.2, -0.15) is 0 Å². The summed E-state index contributed by atoms with van der Waals surface area (Å²) in [7, 11) is 0. The van der Waals surface area contributed by atoms with Crippen molar-refractivity contribution in [2.24, 2.45) is 5.73 Å². The van der Waals surface area contributed by atoms with Gasteiger partial charge in [0.15, 0.2) is 0 Å². The SMILES string of the molecule is NCCc1ccc(Cc2cc(Br)ccc2F)cc1. The normalized spacial score (nSPS) is 10.6. The predicted octanol–water partition coefficient (Wildman–Crippen LogP) is 3.68. The van der Waals surface area contributed by atoms with E-state index < -0.39 is 0 Å². The molecule has 0 aromatic heterocycles. The third-order valence-electron chi connectivity index (χ3n) is 2.86. The fourth-order valence-corrected chi connectivity index (χ4v) is 2.30. The maximum absolute atomic E-state index is 13.6. The summed E-state index contributed by atoms with van der Waals surface area (Å²) in [5.41, 5.74) is 8.53. The summed E-state index contributed by atoms with van der Waals surface area (Å²) in [5, 5.41) is 0. The zero-order chi connectivity index (χ0) is 13.0. The molecule has 0 radical (unpaired) electrons. The minimum Gasteiger partial charge on any atom is -0.330 e. The molecular formula is C15H15BrFN. The molecule has 0 heterocycles. The molecule has 0 fully saturated rings. The van der Waals surface area contributed by atoms with Gasteiger partial charge in [0.05, 0.1) is 0 Å². The number of benzene rings is 2. The summed E-state index contributed by atoms with van der Waals surface area (Å²) in [6.45, 7) is 0.652. The first-order valence-electron chi connectivity index (χ1n) is 5.91. The Bertz CT molecular complexity index is 523. The van der Waals surface area contributed by atoms with Gasteiger partial charge < -0.3 is 5.73 Å². The summed E-state index contributed by atoms with van der Waals surface area (Å²) in [4.78, 5) is 0. The lowest BCUT2D eigenvalue weighted by Gasteiger charge is -2.06. The van der Waals surface area contributed by atoms with Gasteiger partial charge in [0.1, 0.15) is 5.82 Å². The Morgan fingerprint density at radius 1 is 1.00 bits per heavy atom. The van der Waals surface area contributed by atoms with Gasteiger partial charge in [-0.25, -0.2) is 4.39 Å². The van der Waals surface area contributed by atoms with Gasteiger partial charge in [-0.1, -0.05) is 40.2 Å². The molecule has 0 saturated carbocycles. The molecule has 2 aromatic carbocycles. The lowest BCUT2D eigenvalue weighted by molar-refractivity contribution is 0.613. The molecule has 3 heteroatoms. The highest BCUT2D eigenvalue weighted by atomic mass is 79.9. The van der Waals surface area contributed by atoms with Gasteiger partial charge in [-0.3, -0.25) is 0 Å². The van der Waals surface area contributed by atoms with Crippen LogP contribution in [-0.2, 0) is 12.8 Å². The summed E-state index contributed by atoms with van der Waals surface area (Å²) >= 11 is 3.36. The number of hydrogen-bond donors (Lipinski definition) is 1. The average molecular weight is 308 g/mol. The van der Waals surface area contributed by atoms with Crippen LogP contribution in [0.4, 0.5) is 4.39 Å². The number of nitrogens with two attached hydrogens (primary N) is 1. The zero-order valence-electron chi connectivity index (χ0n) is 10.00. The molecule has 0 amide bonds. The van der Waals surface area contributed by atoms with Gasteiger partial charge in [0.2, 0.25) is 0 Å². The largest absolute Gasteiger partial charge is 0.330 e. The third-order valence-corrected chi connectivity index (χ3v) is 3.35. The molecule has 0 bridgehead atoms. The lowest BCUT2D eigenvalue weighted by Crippen LogP contribution is -2.02. The molecule has 2 N–H and O–H groups in total. The molecule has 2 rings (SSSR count). The van der Waals surface area contributed by atoms with E-state index in [0.29, 0.717) is 18.5 Å². The molecule has 0 atom stereocenters. The standard InChI is InChI=1S/C15H15BrFN/c16-14-5-6-15(17)13(10-14)9-12-3-1-11(2-4-12)7-8-18/h1-6,10H,7-9,18H2. The summed E-state index contributed by atoms with van der Waals surface area (Å²) in [6, 6.07) is 13.2. The first-order valence-corrected chi connectivity index (χ1v) is 6.70. The molecule has 94 valence electrons. The van der Waals surface area contributed by atoms with Gasteiger partial charge in [0, 0.05) is 10.9 Å². The van der Waals surface area contributed by atoms with Crippen LogP contribution in [-0.4, -0.2) is 6.54 Å². The van der Waals surface area contributed by atoms with Crippen molar-refractivity contribution in [3.05, 3.63) is 69.4 Å². The molecule has 18 heavy (non-hydrogen) atoms. The molecule has 1 nitrogen and oxygen atoms in total. The van der Waals surface area contributed by atoms with E-state index in [9.17, 15) is 4.39 Å². The number of hydrogen-bond acceptors (Lipinski definition) is 1. The Morgan fingerprint density at radius 2 is 1.67 bits per heavy atom. The van der Waals surface area contributed by atoms with E-state index in [1.165, 1.54) is 11.6 Å². The van der Waals surface area contributed by atoms with E-state index in [1.807, 2.05) is 18.2 Å². The fourth-order valence-electron chi connectivity index (χ4n) is 1.89. The van der Waals surface area contributed by atoms with Gasteiger partial charge in [-0.05, 0) is 47.9 Å². The van der Waals surface area contributed by atoms with Crippen LogP contribution in [0.15, 0.2) is 46.9 Å². The van der Waals surface area contributed by atoms with E-state index in [2.05, 4.69) is 28.1 Å². The van der Waals surface area contributed by atoms with Crippen molar-refractivity contribution in [2.45, 2.75) is 12.8 Å². The molecule has 0 aliphatic carbocycles. The van der Waals surface area contributed by atoms with Crippen LogP contribution in [0.1, 0.15) is 16.7 Å². The summed E-state index contributed by atoms with van der Waals surface area (Å²) in [5.74, 6) is -0.163. The van der Waals surface area contributed by atoms with Crippen molar-refractivity contribution in [1.82, 2.24) is 0 Å². The van der Waals surface area contributed by atoms with Crippen molar-refractivity contribution < 1.29 is 4.39 Å². The van der Waals surface area contributed by atoms with Crippen LogP contribution in [0.2, 0.25) is 0 Å². The van der Waals surface area contributed by atoms with Crippen molar-refractivity contribution in [2.75, 3.05) is 6.54 Å². The predicted molar refractivity (Wildman–Crippen MR) is 76.1 cm³/mol. The Labute approximate surface area is 115 Å². The maximum atomic E-state index is 13.6. The first kappa shape index (κ1) is 13.2. The quantitative estimate of drug-likeness (QED) is 0.916. The van der Waals surface area contributed by atoms with Crippen molar-refractivity contribution in [3.8, 4) is 0 Å². The minimum atomic E-state index is -0.163. The smallest absolute Gasteiger partial charge is 0.126 e. The van der Waals surface area contributed by atoms with Crippen molar-refractivity contribution >= 4 is 15.9 Å². The number of halogens is 2. The van der Waals surface area contributed by atoms with E-state index in [4.69, 9.17) is 5.73 Å². The second kappa shape index (κ2) is 6.12. The fraction of sp³-hybridized carbons (Fsp3) is 0.200. The van der Waals surface area contributed by atoms with E-state index >= 15 is 0 Å². The van der Waals surface area contributed by atoms with Crippen molar-refractivity contribution in [1.29, 1.82) is 0 Å².